The zero-order valence-corrected chi connectivity index (χ0v) is 17.4. The van der Waals surface area contributed by atoms with Gasteiger partial charge in [0, 0.05) is 0 Å². The molecule has 0 saturated carbocycles. The Hall–Kier alpha value is -2.50. The van der Waals surface area contributed by atoms with Gasteiger partial charge in [-0.25, -0.2) is 4.79 Å². The van der Waals surface area contributed by atoms with Crippen molar-refractivity contribution >= 4 is 11.9 Å². The number of carbonyl (C=O) groups excluding carboxylic acids is 2. The van der Waals surface area contributed by atoms with Gasteiger partial charge in [-0.1, -0.05) is 42.5 Å². The summed E-state index contributed by atoms with van der Waals surface area (Å²) >= 11 is 0. The maximum Gasteiger partial charge on any atom is 0.345 e. The fraction of sp³-hybridized carbons (Fsp3) is 0.440. The van der Waals surface area contributed by atoms with Gasteiger partial charge in [0.15, 0.2) is 0 Å². The number of nitrogens with zero attached hydrogens (tertiary/aromatic N) is 1. The molecule has 2 fully saturated rings. The maximum absolute atomic E-state index is 12.3. The third kappa shape index (κ3) is 5.35. The van der Waals surface area contributed by atoms with E-state index in [1.165, 1.54) is 11.1 Å². The molecule has 158 valence electrons. The molecule has 2 aromatic carbocycles. The molecule has 2 aliphatic heterocycles. The Bertz CT molecular complexity index is 836. The van der Waals surface area contributed by atoms with Gasteiger partial charge in [0.25, 0.3) is 0 Å². The molecule has 0 bridgehead atoms. The fourth-order valence-corrected chi connectivity index (χ4v) is 4.57. The number of carbonyl (C=O) groups is 2. The first-order valence-corrected chi connectivity index (χ1v) is 11.0. The van der Waals surface area contributed by atoms with Crippen LogP contribution in [0.5, 0.6) is 0 Å². The molecule has 0 atom stereocenters. The van der Waals surface area contributed by atoms with Crippen LogP contribution in [0.15, 0.2) is 54.6 Å². The molecule has 2 aliphatic rings. The molecular formula is C25H30N2O3. The van der Waals surface area contributed by atoms with Crippen LogP contribution >= 0.6 is 0 Å². The van der Waals surface area contributed by atoms with Crippen molar-refractivity contribution in [1.82, 2.24) is 10.2 Å². The van der Waals surface area contributed by atoms with E-state index in [1.54, 1.807) is 12.1 Å². The van der Waals surface area contributed by atoms with Crippen LogP contribution < -0.4 is 5.32 Å². The summed E-state index contributed by atoms with van der Waals surface area (Å²) in [6, 6.07) is 18.1. The number of hydrogen-bond acceptors (Lipinski definition) is 5. The smallest absolute Gasteiger partial charge is 0.345 e. The van der Waals surface area contributed by atoms with Crippen molar-refractivity contribution in [1.29, 1.82) is 0 Å². The molecule has 0 radical (unpaired) electrons. The van der Waals surface area contributed by atoms with Crippen molar-refractivity contribution in [3.05, 3.63) is 71.3 Å². The van der Waals surface area contributed by atoms with Gasteiger partial charge < -0.3 is 10.1 Å². The van der Waals surface area contributed by atoms with E-state index < -0.39 is 11.9 Å². The maximum atomic E-state index is 12.3. The Balaban J connectivity index is 1.23. The molecule has 0 spiro atoms. The molecule has 1 N–H and O–H groups in total. The average Bonchev–Trinajstić information content (AvgIpc) is 2.81. The molecule has 4 rings (SSSR count). The standard InChI is InChI=1S/C25H30N2O3/c28-24(18-27-16-12-22(13-17-27)19-4-2-1-3-5-19)30-25(29)23-8-6-20(7-9-23)21-10-14-26-15-11-21/h1-9,21-22,26H,10-18H2. The highest BCUT2D eigenvalue weighted by Crippen LogP contribution is 2.28. The van der Waals surface area contributed by atoms with E-state index in [4.69, 9.17) is 4.74 Å². The quantitative estimate of drug-likeness (QED) is 0.606. The van der Waals surface area contributed by atoms with Crippen LogP contribution in [0.4, 0.5) is 0 Å². The van der Waals surface area contributed by atoms with Crippen molar-refractivity contribution in [2.45, 2.75) is 37.5 Å². The molecule has 0 amide bonds. The van der Waals surface area contributed by atoms with Gasteiger partial charge in [-0.3, -0.25) is 9.69 Å². The highest BCUT2D eigenvalue weighted by Gasteiger charge is 2.23. The molecule has 0 aromatic heterocycles. The predicted octanol–water partition coefficient (Wildman–Crippen LogP) is 3.72. The molecule has 2 aromatic rings. The molecule has 2 heterocycles. The monoisotopic (exact) mass is 406 g/mol. The first-order chi connectivity index (χ1) is 14.7. The number of ether oxygens (including phenoxy) is 1. The van der Waals surface area contributed by atoms with Crippen LogP contribution in [0, 0.1) is 0 Å². The van der Waals surface area contributed by atoms with Gasteiger partial charge in [-0.15, -0.1) is 0 Å². The van der Waals surface area contributed by atoms with Crippen LogP contribution in [-0.4, -0.2) is 49.6 Å². The van der Waals surface area contributed by atoms with Crippen LogP contribution in [0.25, 0.3) is 0 Å². The lowest BCUT2D eigenvalue weighted by molar-refractivity contribution is -0.139. The molecule has 5 heteroatoms. The Labute approximate surface area is 178 Å². The number of hydrogen-bond donors (Lipinski definition) is 1. The van der Waals surface area contributed by atoms with Crippen LogP contribution in [0.1, 0.15) is 59.0 Å². The second kappa shape index (κ2) is 10.0. The molecule has 0 unspecified atom stereocenters. The minimum atomic E-state index is -0.559. The van der Waals surface area contributed by atoms with E-state index in [2.05, 4.69) is 34.5 Å². The van der Waals surface area contributed by atoms with E-state index in [-0.39, 0.29) is 6.54 Å². The zero-order valence-electron chi connectivity index (χ0n) is 17.4. The van der Waals surface area contributed by atoms with Gasteiger partial charge in [-0.05, 0) is 87.0 Å². The Kier molecular flexibility index (Phi) is 6.92. The van der Waals surface area contributed by atoms with E-state index in [0.717, 1.165) is 51.9 Å². The van der Waals surface area contributed by atoms with Gasteiger partial charge in [0.05, 0.1) is 12.1 Å². The van der Waals surface area contributed by atoms with E-state index in [1.807, 2.05) is 18.2 Å². The predicted molar refractivity (Wildman–Crippen MR) is 117 cm³/mol. The third-order valence-electron chi connectivity index (χ3n) is 6.37. The number of benzene rings is 2. The first-order valence-electron chi connectivity index (χ1n) is 11.0. The lowest BCUT2D eigenvalue weighted by Gasteiger charge is -2.31. The Morgan fingerprint density at radius 1 is 0.833 bits per heavy atom. The van der Waals surface area contributed by atoms with Crippen LogP contribution in [0.2, 0.25) is 0 Å². The Morgan fingerprint density at radius 3 is 2.10 bits per heavy atom. The van der Waals surface area contributed by atoms with Crippen molar-refractivity contribution in [2.24, 2.45) is 0 Å². The molecule has 2 saturated heterocycles. The van der Waals surface area contributed by atoms with E-state index >= 15 is 0 Å². The summed E-state index contributed by atoms with van der Waals surface area (Å²) in [6.45, 7) is 3.92. The van der Waals surface area contributed by atoms with Crippen LogP contribution in [0.3, 0.4) is 0 Å². The number of piperidine rings is 2. The average molecular weight is 407 g/mol. The summed E-state index contributed by atoms with van der Waals surface area (Å²) in [5.41, 5.74) is 3.05. The molecule has 30 heavy (non-hydrogen) atoms. The molecular weight excluding hydrogens is 376 g/mol. The van der Waals surface area contributed by atoms with Crippen LogP contribution in [-0.2, 0) is 9.53 Å². The highest BCUT2D eigenvalue weighted by atomic mass is 16.6. The van der Waals surface area contributed by atoms with E-state index in [0.29, 0.717) is 17.4 Å². The topological polar surface area (TPSA) is 58.6 Å². The minimum Gasteiger partial charge on any atom is -0.388 e. The van der Waals surface area contributed by atoms with Gasteiger partial charge in [0.2, 0.25) is 0 Å². The summed E-state index contributed by atoms with van der Waals surface area (Å²) in [5, 5.41) is 3.36. The van der Waals surface area contributed by atoms with Crippen molar-refractivity contribution in [2.75, 3.05) is 32.7 Å². The highest BCUT2D eigenvalue weighted by molar-refractivity contribution is 5.97. The first kappa shape index (κ1) is 20.8. The largest absolute Gasteiger partial charge is 0.388 e. The SMILES string of the molecule is O=C(CN1CCC(c2ccccc2)CC1)OC(=O)c1ccc(C2CCNCC2)cc1. The molecule has 5 nitrogen and oxygen atoms in total. The van der Waals surface area contributed by atoms with Gasteiger partial charge in [0.1, 0.15) is 0 Å². The minimum absolute atomic E-state index is 0.167. The van der Waals surface area contributed by atoms with Crippen molar-refractivity contribution < 1.29 is 14.3 Å². The van der Waals surface area contributed by atoms with Gasteiger partial charge in [-0.2, -0.15) is 0 Å². The van der Waals surface area contributed by atoms with Crippen molar-refractivity contribution in [3.8, 4) is 0 Å². The van der Waals surface area contributed by atoms with Crippen molar-refractivity contribution in [3.63, 3.8) is 0 Å². The molecule has 0 aliphatic carbocycles. The number of nitrogens with one attached hydrogen (secondary N) is 1. The lowest BCUT2D eigenvalue weighted by Crippen LogP contribution is -2.38. The second-order valence-corrected chi connectivity index (χ2v) is 8.37. The summed E-state index contributed by atoms with van der Waals surface area (Å²) in [6.07, 6.45) is 4.26. The number of rotatable bonds is 5. The lowest BCUT2D eigenvalue weighted by atomic mass is 9.89. The summed E-state index contributed by atoms with van der Waals surface area (Å²) in [5.74, 6) is 0.0481. The normalized spacial score (nSPS) is 18.8. The fourth-order valence-electron chi connectivity index (χ4n) is 4.57. The Morgan fingerprint density at radius 2 is 1.43 bits per heavy atom. The zero-order chi connectivity index (χ0) is 20.8. The number of esters is 2. The van der Waals surface area contributed by atoms with Gasteiger partial charge >= 0.3 is 11.9 Å². The summed E-state index contributed by atoms with van der Waals surface area (Å²) in [7, 11) is 0. The van der Waals surface area contributed by atoms with E-state index in [9.17, 15) is 9.59 Å². The summed E-state index contributed by atoms with van der Waals surface area (Å²) < 4.78 is 5.11. The number of likely N-dealkylation sites (tertiary alicyclic amines) is 1. The summed E-state index contributed by atoms with van der Waals surface area (Å²) in [4.78, 5) is 26.7. The second-order valence-electron chi connectivity index (χ2n) is 8.37. The third-order valence-corrected chi connectivity index (χ3v) is 6.37.